The zero-order chi connectivity index (χ0) is 14.8. The van der Waals surface area contributed by atoms with Crippen molar-refractivity contribution in [3.05, 3.63) is 64.0 Å². The molecule has 1 unspecified atom stereocenters. The van der Waals surface area contributed by atoms with Crippen molar-refractivity contribution in [3.63, 3.8) is 0 Å². The summed E-state index contributed by atoms with van der Waals surface area (Å²) in [5.74, 6) is 0.144. The fourth-order valence-corrected chi connectivity index (χ4v) is 2.46. The van der Waals surface area contributed by atoms with E-state index in [0.717, 1.165) is 17.4 Å². The minimum Gasteiger partial charge on any atom is -0.493 e. The van der Waals surface area contributed by atoms with E-state index >= 15 is 0 Å². The number of nitro benzene ring substituents is 1. The predicted octanol–water partition coefficient (Wildman–Crippen LogP) is 3.67. The van der Waals surface area contributed by atoms with E-state index in [-0.39, 0.29) is 11.7 Å². The number of nitrogens with one attached hydrogen (secondary N) is 1. The van der Waals surface area contributed by atoms with E-state index in [0.29, 0.717) is 18.7 Å². The van der Waals surface area contributed by atoms with Crippen LogP contribution in [-0.4, -0.2) is 11.5 Å². The van der Waals surface area contributed by atoms with E-state index in [9.17, 15) is 14.5 Å². The molecule has 0 saturated heterocycles. The zero-order valence-electron chi connectivity index (χ0n) is 11.1. The van der Waals surface area contributed by atoms with Gasteiger partial charge in [0.05, 0.1) is 23.6 Å². The summed E-state index contributed by atoms with van der Waals surface area (Å²) in [4.78, 5) is 10.4. The molecule has 1 N–H and O–H groups in total. The molecule has 1 heterocycles. The van der Waals surface area contributed by atoms with Crippen LogP contribution in [0.15, 0.2) is 42.5 Å². The minimum absolute atomic E-state index is 0.0980. The molecule has 1 aliphatic rings. The zero-order valence-corrected chi connectivity index (χ0v) is 11.1. The van der Waals surface area contributed by atoms with Gasteiger partial charge in [-0.2, -0.15) is 0 Å². The van der Waals surface area contributed by atoms with Gasteiger partial charge in [0.15, 0.2) is 0 Å². The van der Waals surface area contributed by atoms with Crippen molar-refractivity contribution in [1.29, 1.82) is 0 Å². The number of nitrogens with zero attached hydrogens (tertiary/aromatic N) is 1. The van der Waals surface area contributed by atoms with Gasteiger partial charge < -0.3 is 10.1 Å². The van der Waals surface area contributed by atoms with Crippen LogP contribution < -0.4 is 10.1 Å². The lowest BCUT2D eigenvalue weighted by Crippen LogP contribution is -2.20. The summed E-state index contributed by atoms with van der Waals surface area (Å²) in [5.41, 5.74) is 0.990. The summed E-state index contributed by atoms with van der Waals surface area (Å²) in [6.45, 7) is 0.531. The standard InChI is InChI=1S/C15H13FN2O3/c16-10-5-6-13(14(9-10)18(19)20)17-12-7-8-21-15-4-2-1-3-11(12)15/h1-6,9,12,17H,7-8H2. The first-order chi connectivity index (χ1) is 10.1. The number of anilines is 1. The number of hydrogen-bond donors (Lipinski definition) is 1. The van der Waals surface area contributed by atoms with E-state index in [4.69, 9.17) is 4.74 Å². The highest BCUT2D eigenvalue weighted by Gasteiger charge is 2.24. The highest BCUT2D eigenvalue weighted by atomic mass is 19.1. The van der Waals surface area contributed by atoms with Crippen LogP contribution in [-0.2, 0) is 0 Å². The maximum absolute atomic E-state index is 13.2. The molecule has 0 bridgehead atoms. The molecule has 0 radical (unpaired) electrons. The monoisotopic (exact) mass is 288 g/mol. The van der Waals surface area contributed by atoms with E-state index in [1.165, 1.54) is 12.1 Å². The largest absolute Gasteiger partial charge is 0.493 e. The van der Waals surface area contributed by atoms with Crippen molar-refractivity contribution in [2.45, 2.75) is 12.5 Å². The molecule has 0 aromatic heterocycles. The van der Waals surface area contributed by atoms with Crippen LogP contribution in [0.5, 0.6) is 5.75 Å². The molecule has 108 valence electrons. The Morgan fingerprint density at radius 3 is 2.90 bits per heavy atom. The van der Waals surface area contributed by atoms with Crippen LogP contribution in [0.3, 0.4) is 0 Å². The van der Waals surface area contributed by atoms with E-state index in [1.54, 1.807) is 0 Å². The third-order valence-electron chi connectivity index (χ3n) is 3.44. The molecule has 0 aliphatic carbocycles. The first kappa shape index (κ1) is 13.4. The molecule has 2 aromatic rings. The number of nitro groups is 1. The molecular weight excluding hydrogens is 275 g/mol. The van der Waals surface area contributed by atoms with Gasteiger partial charge in [-0.3, -0.25) is 10.1 Å². The van der Waals surface area contributed by atoms with Crippen molar-refractivity contribution in [1.82, 2.24) is 0 Å². The normalized spacial score (nSPS) is 16.7. The summed E-state index contributed by atoms with van der Waals surface area (Å²) < 4.78 is 18.7. The molecule has 0 spiro atoms. The van der Waals surface area contributed by atoms with Gasteiger partial charge in [0, 0.05) is 12.0 Å². The van der Waals surface area contributed by atoms with Gasteiger partial charge in [0.1, 0.15) is 17.3 Å². The fraction of sp³-hybridized carbons (Fsp3) is 0.200. The first-order valence-corrected chi connectivity index (χ1v) is 6.57. The topological polar surface area (TPSA) is 64.4 Å². The summed E-state index contributed by atoms with van der Waals surface area (Å²) in [6, 6.07) is 11.0. The highest BCUT2D eigenvalue weighted by Crippen LogP contribution is 2.36. The van der Waals surface area contributed by atoms with Crippen molar-refractivity contribution in [2.24, 2.45) is 0 Å². The first-order valence-electron chi connectivity index (χ1n) is 6.57. The van der Waals surface area contributed by atoms with Crippen molar-refractivity contribution >= 4 is 11.4 Å². The Kier molecular flexibility index (Phi) is 3.43. The molecule has 1 aliphatic heterocycles. The molecule has 0 fully saturated rings. The number of rotatable bonds is 3. The second kappa shape index (κ2) is 5.40. The molecule has 2 aromatic carbocycles. The summed E-state index contributed by atoms with van der Waals surface area (Å²) in [5, 5.41) is 14.2. The molecule has 5 nitrogen and oxygen atoms in total. The number of ether oxygens (including phenoxy) is 1. The van der Waals surface area contributed by atoms with Gasteiger partial charge in [-0.1, -0.05) is 18.2 Å². The van der Waals surface area contributed by atoms with E-state index in [2.05, 4.69) is 5.32 Å². The number of hydrogen-bond acceptors (Lipinski definition) is 4. The third-order valence-corrected chi connectivity index (χ3v) is 3.44. The SMILES string of the molecule is O=[N+]([O-])c1cc(F)ccc1NC1CCOc2ccccc21. The van der Waals surface area contributed by atoms with Crippen LogP contribution >= 0.6 is 0 Å². The molecule has 1 atom stereocenters. The predicted molar refractivity (Wildman–Crippen MR) is 76.0 cm³/mol. The van der Waals surface area contributed by atoms with Crippen LogP contribution in [0.2, 0.25) is 0 Å². The average molecular weight is 288 g/mol. The molecule has 0 saturated carbocycles. The number of benzene rings is 2. The van der Waals surface area contributed by atoms with E-state index in [1.807, 2.05) is 24.3 Å². The van der Waals surface area contributed by atoms with Crippen molar-refractivity contribution in [3.8, 4) is 5.75 Å². The minimum atomic E-state index is -0.625. The summed E-state index contributed by atoms with van der Waals surface area (Å²) in [7, 11) is 0. The molecule has 0 amide bonds. The molecule has 21 heavy (non-hydrogen) atoms. The second-order valence-electron chi connectivity index (χ2n) is 4.79. The smallest absolute Gasteiger partial charge is 0.295 e. The quantitative estimate of drug-likeness (QED) is 0.691. The van der Waals surface area contributed by atoms with Gasteiger partial charge in [-0.25, -0.2) is 4.39 Å². The molecule has 3 rings (SSSR count). The third kappa shape index (κ3) is 2.65. The van der Waals surface area contributed by atoms with Crippen molar-refractivity contribution < 1.29 is 14.1 Å². The fourth-order valence-electron chi connectivity index (χ4n) is 2.46. The lowest BCUT2D eigenvalue weighted by Gasteiger charge is -2.27. The maximum atomic E-state index is 13.2. The Balaban J connectivity index is 1.93. The highest BCUT2D eigenvalue weighted by molar-refractivity contribution is 5.62. The second-order valence-corrected chi connectivity index (χ2v) is 4.79. The van der Waals surface area contributed by atoms with Gasteiger partial charge in [-0.05, 0) is 18.2 Å². The lowest BCUT2D eigenvalue weighted by atomic mass is 10.00. The summed E-state index contributed by atoms with van der Waals surface area (Å²) in [6.07, 6.45) is 0.686. The van der Waals surface area contributed by atoms with Gasteiger partial charge in [0.25, 0.3) is 5.69 Å². The van der Waals surface area contributed by atoms with Crippen LogP contribution in [0.4, 0.5) is 15.8 Å². The molecule has 6 heteroatoms. The van der Waals surface area contributed by atoms with Gasteiger partial charge in [-0.15, -0.1) is 0 Å². The Bertz CT molecular complexity index is 690. The Hall–Kier alpha value is -2.63. The lowest BCUT2D eigenvalue weighted by molar-refractivity contribution is -0.384. The number of para-hydroxylation sites is 1. The Morgan fingerprint density at radius 2 is 2.10 bits per heavy atom. The van der Waals surface area contributed by atoms with Crippen molar-refractivity contribution in [2.75, 3.05) is 11.9 Å². The van der Waals surface area contributed by atoms with Gasteiger partial charge in [0.2, 0.25) is 0 Å². The van der Waals surface area contributed by atoms with Gasteiger partial charge >= 0.3 is 0 Å². The van der Waals surface area contributed by atoms with Crippen LogP contribution in [0.1, 0.15) is 18.0 Å². The number of fused-ring (bicyclic) bond motifs is 1. The Labute approximate surface area is 120 Å². The Morgan fingerprint density at radius 1 is 1.29 bits per heavy atom. The molecular formula is C15H13FN2O3. The summed E-state index contributed by atoms with van der Waals surface area (Å²) >= 11 is 0. The average Bonchev–Trinajstić information content (AvgIpc) is 2.49. The van der Waals surface area contributed by atoms with E-state index < -0.39 is 10.7 Å². The maximum Gasteiger partial charge on any atom is 0.295 e. The number of halogens is 1. The van der Waals surface area contributed by atoms with Crippen LogP contribution in [0.25, 0.3) is 0 Å². The van der Waals surface area contributed by atoms with Crippen LogP contribution in [0, 0.1) is 15.9 Å².